The molecule has 0 aliphatic heterocycles. The topological polar surface area (TPSA) is 3.24 Å². The Labute approximate surface area is 302 Å². The predicted molar refractivity (Wildman–Crippen MR) is 217 cm³/mol. The smallest absolute Gasteiger partial charge is 0.0714 e. The van der Waals surface area contributed by atoms with Gasteiger partial charge >= 0.3 is 0 Å². The first-order chi connectivity index (χ1) is 25.3. The second kappa shape index (κ2) is 12.0. The number of hydrogen-bond acceptors (Lipinski definition) is 2. The lowest BCUT2D eigenvalue weighted by molar-refractivity contribution is 0.770. The lowest BCUT2D eigenvalue weighted by Crippen LogP contribution is -2.28. The summed E-state index contributed by atoms with van der Waals surface area (Å²) in [6, 6.07) is 73.5. The monoisotopic (exact) mass is 667 g/mol. The summed E-state index contributed by atoms with van der Waals surface area (Å²) in [4.78, 5) is 2.51. The molecular formula is C49H33NS. The summed E-state index contributed by atoms with van der Waals surface area (Å²) in [5.74, 6) is 0. The van der Waals surface area contributed by atoms with Gasteiger partial charge in [-0.15, -0.1) is 11.3 Å². The molecule has 10 rings (SSSR count). The highest BCUT2D eigenvalue weighted by Crippen LogP contribution is 2.62. The maximum absolute atomic E-state index is 2.52. The fraction of sp³-hybridized carbons (Fsp3) is 0.0204. The Morgan fingerprint density at radius 3 is 1.55 bits per heavy atom. The van der Waals surface area contributed by atoms with Gasteiger partial charge in [0.15, 0.2) is 0 Å². The van der Waals surface area contributed by atoms with Crippen molar-refractivity contribution in [3.63, 3.8) is 0 Å². The number of thiophene rings is 1. The number of para-hydroxylation sites is 2. The van der Waals surface area contributed by atoms with Crippen LogP contribution >= 0.6 is 11.3 Å². The molecule has 0 saturated heterocycles. The second-order valence-electron chi connectivity index (χ2n) is 13.2. The predicted octanol–water partition coefficient (Wildman–Crippen LogP) is 13.6. The van der Waals surface area contributed by atoms with Gasteiger partial charge in [0.05, 0.1) is 11.1 Å². The molecule has 0 saturated carbocycles. The lowest BCUT2D eigenvalue weighted by atomic mass is 9.67. The van der Waals surface area contributed by atoms with Crippen LogP contribution in [0.2, 0.25) is 0 Å². The van der Waals surface area contributed by atoms with Crippen LogP contribution in [-0.2, 0) is 5.41 Å². The van der Waals surface area contributed by atoms with E-state index in [1.165, 1.54) is 70.4 Å². The molecule has 8 aromatic carbocycles. The molecule has 9 aromatic rings. The first-order valence-corrected chi connectivity index (χ1v) is 18.3. The van der Waals surface area contributed by atoms with Crippen molar-refractivity contribution >= 4 is 48.6 Å². The number of fused-ring (bicyclic) bond motifs is 6. The molecule has 0 unspecified atom stereocenters. The molecule has 240 valence electrons. The van der Waals surface area contributed by atoms with Gasteiger partial charge in [0.1, 0.15) is 0 Å². The first-order valence-electron chi connectivity index (χ1n) is 17.5. The Balaban J connectivity index is 1.45. The van der Waals surface area contributed by atoms with E-state index in [0.717, 1.165) is 11.4 Å². The van der Waals surface area contributed by atoms with Crippen LogP contribution in [-0.4, -0.2) is 0 Å². The third kappa shape index (κ3) is 4.54. The number of nitrogens with zero attached hydrogens (tertiary/aromatic N) is 1. The first kappa shape index (κ1) is 29.7. The summed E-state index contributed by atoms with van der Waals surface area (Å²) >= 11 is 1.89. The number of hydrogen-bond donors (Lipinski definition) is 0. The van der Waals surface area contributed by atoms with Crippen LogP contribution in [0.25, 0.3) is 42.4 Å². The molecule has 0 bridgehead atoms. The minimum Gasteiger partial charge on any atom is -0.309 e. The van der Waals surface area contributed by atoms with Crippen molar-refractivity contribution in [1.29, 1.82) is 0 Å². The van der Waals surface area contributed by atoms with Gasteiger partial charge < -0.3 is 4.90 Å². The Morgan fingerprint density at radius 1 is 0.412 bits per heavy atom. The Kier molecular flexibility index (Phi) is 6.97. The molecule has 0 fully saturated rings. The van der Waals surface area contributed by atoms with Crippen LogP contribution in [0.15, 0.2) is 200 Å². The third-order valence-corrected chi connectivity index (χ3v) is 11.6. The molecule has 0 N–H and O–H groups in total. The highest BCUT2D eigenvalue weighted by Gasteiger charge is 2.48. The van der Waals surface area contributed by atoms with Gasteiger partial charge in [0.25, 0.3) is 0 Å². The molecule has 1 aliphatic carbocycles. The van der Waals surface area contributed by atoms with Gasteiger partial charge in [-0.05, 0) is 81.4 Å². The summed E-state index contributed by atoms with van der Waals surface area (Å²) in [6.45, 7) is 0. The molecule has 51 heavy (non-hydrogen) atoms. The van der Waals surface area contributed by atoms with Gasteiger partial charge in [-0.2, -0.15) is 0 Å². The molecule has 1 aromatic heterocycles. The fourth-order valence-electron chi connectivity index (χ4n) is 8.42. The van der Waals surface area contributed by atoms with Crippen molar-refractivity contribution in [3.8, 4) is 22.3 Å². The van der Waals surface area contributed by atoms with E-state index >= 15 is 0 Å². The van der Waals surface area contributed by atoms with Crippen molar-refractivity contribution in [3.05, 3.63) is 222 Å². The van der Waals surface area contributed by atoms with E-state index < -0.39 is 5.41 Å². The largest absolute Gasteiger partial charge is 0.309 e. The van der Waals surface area contributed by atoms with Crippen molar-refractivity contribution in [1.82, 2.24) is 0 Å². The zero-order chi connectivity index (χ0) is 33.8. The van der Waals surface area contributed by atoms with Crippen molar-refractivity contribution in [2.24, 2.45) is 0 Å². The quantitative estimate of drug-likeness (QED) is 0.171. The summed E-state index contributed by atoms with van der Waals surface area (Å²) in [5.41, 5.74) is 13.1. The van der Waals surface area contributed by atoms with E-state index in [4.69, 9.17) is 0 Å². The lowest BCUT2D eigenvalue weighted by Gasteiger charge is -2.35. The standard InChI is InChI=1S/C49H33NS/c1-6-18-34(19-7-1)35-30-31-42-41(32-35)46-43(49(42,36-20-8-2-9-21-36)37-22-10-3-11-23-37)33-45-47(40-28-16-17-29-44(40)51-45)48(46)50(38-24-12-4-13-25-38)39-26-14-5-15-27-39/h1-33H. The van der Waals surface area contributed by atoms with E-state index in [9.17, 15) is 0 Å². The van der Waals surface area contributed by atoms with E-state index in [1.807, 2.05) is 11.3 Å². The van der Waals surface area contributed by atoms with Gasteiger partial charge in [0.2, 0.25) is 0 Å². The normalized spacial score (nSPS) is 12.9. The Bertz CT molecular complexity index is 2580. The van der Waals surface area contributed by atoms with Gasteiger partial charge in [-0.3, -0.25) is 0 Å². The maximum Gasteiger partial charge on any atom is 0.0714 e. The molecule has 1 aliphatic rings. The molecule has 0 radical (unpaired) electrons. The average molecular weight is 668 g/mol. The summed E-state index contributed by atoms with van der Waals surface area (Å²) in [6.07, 6.45) is 0. The van der Waals surface area contributed by atoms with Gasteiger partial charge in [-0.25, -0.2) is 0 Å². The number of anilines is 3. The zero-order valence-corrected chi connectivity index (χ0v) is 28.7. The van der Waals surface area contributed by atoms with E-state index in [2.05, 4.69) is 205 Å². The molecule has 2 heteroatoms. The zero-order valence-electron chi connectivity index (χ0n) is 27.9. The van der Waals surface area contributed by atoms with Crippen LogP contribution in [0.3, 0.4) is 0 Å². The van der Waals surface area contributed by atoms with Crippen molar-refractivity contribution in [2.75, 3.05) is 4.90 Å². The third-order valence-electron chi connectivity index (χ3n) is 10.5. The van der Waals surface area contributed by atoms with E-state index in [1.54, 1.807) is 0 Å². The highest BCUT2D eigenvalue weighted by atomic mass is 32.1. The SMILES string of the molecule is c1ccc(-c2ccc3c(c2)-c2c(cc4sc5ccccc5c4c2N(c2ccccc2)c2ccccc2)C3(c2ccccc2)c2ccccc2)cc1. The summed E-state index contributed by atoms with van der Waals surface area (Å²) < 4.78 is 2.58. The van der Waals surface area contributed by atoms with Crippen LogP contribution in [0, 0.1) is 0 Å². The number of rotatable bonds is 6. The van der Waals surface area contributed by atoms with Crippen LogP contribution in [0.5, 0.6) is 0 Å². The van der Waals surface area contributed by atoms with Crippen LogP contribution in [0.1, 0.15) is 22.3 Å². The minimum atomic E-state index is -0.541. The van der Waals surface area contributed by atoms with Crippen LogP contribution in [0.4, 0.5) is 17.1 Å². The van der Waals surface area contributed by atoms with E-state index in [-0.39, 0.29) is 0 Å². The van der Waals surface area contributed by atoms with Crippen molar-refractivity contribution in [2.45, 2.75) is 5.41 Å². The Hall–Kier alpha value is -6.22. The number of benzene rings is 8. The second-order valence-corrected chi connectivity index (χ2v) is 14.3. The fourth-order valence-corrected chi connectivity index (χ4v) is 9.57. The molecule has 0 spiro atoms. The minimum absolute atomic E-state index is 0.541. The molecule has 0 amide bonds. The van der Waals surface area contributed by atoms with Crippen molar-refractivity contribution < 1.29 is 0 Å². The average Bonchev–Trinajstić information content (AvgIpc) is 3.73. The molecule has 1 nitrogen and oxygen atoms in total. The van der Waals surface area contributed by atoms with Crippen LogP contribution < -0.4 is 4.90 Å². The Morgan fingerprint density at radius 2 is 0.941 bits per heavy atom. The molecular weight excluding hydrogens is 635 g/mol. The highest BCUT2D eigenvalue weighted by molar-refractivity contribution is 7.26. The van der Waals surface area contributed by atoms with E-state index in [0.29, 0.717) is 0 Å². The molecule has 1 heterocycles. The van der Waals surface area contributed by atoms with Gasteiger partial charge in [0, 0.05) is 37.1 Å². The maximum atomic E-state index is 2.52. The van der Waals surface area contributed by atoms with Gasteiger partial charge in [-0.1, -0.05) is 158 Å². The summed E-state index contributed by atoms with van der Waals surface area (Å²) in [7, 11) is 0. The summed E-state index contributed by atoms with van der Waals surface area (Å²) in [5, 5.41) is 2.57. The molecule has 0 atom stereocenters.